The van der Waals surface area contributed by atoms with E-state index in [0.29, 0.717) is 25.1 Å². The maximum absolute atomic E-state index is 9.78. The first kappa shape index (κ1) is 17.8. The highest BCUT2D eigenvalue weighted by Gasteiger charge is 2.38. The maximum Gasteiger partial charge on any atom is 0.336 e. The minimum absolute atomic E-state index is 0.0850. The van der Waals surface area contributed by atoms with Gasteiger partial charge in [0.25, 0.3) is 0 Å². The van der Waals surface area contributed by atoms with Crippen molar-refractivity contribution in [1.29, 1.82) is 0 Å². The van der Waals surface area contributed by atoms with Gasteiger partial charge in [-0.15, -0.1) is 6.58 Å². The number of hydrogen-bond acceptors (Lipinski definition) is 4. The standard InChI is InChI=1S/C15H31NO3Si/c1-6-9-20(17,18)10-7-8-19-13-11-14(2,3)16-15(4,5)12-13/h6,13,16-18H,1,7-12H2,2-5H3. The SMILES string of the molecule is C=CC[Si](O)(O)CCCOC1CC(C)(C)NC(C)(C)C1. The summed E-state index contributed by atoms with van der Waals surface area (Å²) in [5, 5.41) is 3.63. The zero-order valence-corrected chi connectivity index (χ0v) is 14.4. The summed E-state index contributed by atoms with van der Waals surface area (Å²) >= 11 is 0. The molecular weight excluding hydrogens is 270 g/mol. The number of ether oxygens (including phenoxy) is 1. The molecular formula is C15H31NO3Si. The van der Waals surface area contributed by atoms with Gasteiger partial charge in [-0.2, -0.15) is 0 Å². The van der Waals surface area contributed by atoms with Crippen molar-refractivity contribution in [3.05, 3.63) is 12.7 Å². The van der Waals surface area contributed by atoms with Crippen molar-refractivity contribution >= 4 is 8.56 Å². The zero-order chi connectivity index (χ0) is 15.4. The van der Waals surface area contributed by atoms with Crippen molar-refractivity contribution in [2.45, 2.75) is 76.2 Å². The lowest BCUT2D eigenvalue weighted by molar-refractivity contribution is -0.0217. The van der Waals surface area contributed by atoms with Gasteiger partial charge >= 0.3 is 8.56 Å². The molecule has 1 fully saturated rings. The van der Waals surface area contributed by atoms with Gasteiger partial charge in [0.1, 0.15) is 0 Å². The molecule has 0 aromatic carbocycles. The molecule has 0 aromatic heterocycles. The Balaban J connectivity index is 2.33. The first-order valence-electron chi connectivity index (χ1n) is 7.52. The van der Waals surface area contributed by atoms with Crippen LogP contribution in [0.15, 0.2) is 12.7 Å². The third-order valence-electron chi connectivity index (χ3n) is 3.70. The van der Waals surface area contributed by atoms with Gasteiger partial charge in [0.2, 0.25) is 0 Å². The molecule has 0 amide bonds. The minimum Gasteiger partial charge on any atom is -0.410 e. The van der Waals surface area contributed by atoms with E-state index >= 15 is 0 Å². The largest absolute Gasteiger partial charge is 0.410 e. The van der Waals surface area contributed by atoms with Crippen molar-refractivity contribution in [3.8, 4) is 0 Å². The predicted molar refractivity (Wildman–Crippen MR) is 84.9 cm³/mol. The summed E-state index contributed by atoms with van der Waals surface area (Å²) in [4.78, 5) is 19.6. The molecule has 0 saturated carbocycles. The molecule has 0 aliphatic carbocycles. The summed E-state index contributed by atoms with van der Waals surface area (Å²) in [6.07, 6.45) is 4.52. The van der Waals surface area contributed by atoms with Gasteiger partial charge in [0.15, 0.2) is 0 Å². The molecule has 1 aliphatic rings. The Morgan fingerprint density at radius 2 is 1.80 bits per heavy atom. The molecule has 1 heterocycles. The highest BCUT2D eigenvalue weighted by atomic mass is 28.4. The highest BCUT2D eigenvalue weighted by molar-refractivity contribution is 6.65. The maximum atomic E-state index is 9.78. The third-order valence-corrected chi connectivity index (χ3v) is 5.80. The van der Waals surface area contributed by atoms with E-state index in [1.54, 1.807) is 6.08 Å². The Morgan fingerprint density at radius 1 is 1.25 bits per heavy atom. The minimum atomic E-state index is -3.06. The van der Waals surface area contributed by atoms with Crippen molar-refractivity contribution in [2.75, 3.05) is 6.61 Å². The number of allylic oxidation sites excluding steroid dienone is 1. The Morgan fingerprint density at radius 3 is 2.30 bits per heavy atom. The van der Waals surface area contributed by atoms with Gasteiger partial charge < -0.3 is 19.6 Å². The molecule has 0 spiro atoms. The van der Waals surface area contributed by atoms with Gasteiger partial charge in [0, 0.05) is 23.7 Å². The lowest BCUT2D eigenvalue weighted by Crippen LogP contribution is -2.59. The van der Waals surface area contributed by atoms with E-state index in [0.717, 1.165) is 12.8 Å². The molecule has 0 atom stereocenters. The molecule has 0 bridgehead atoms. The first-order chi connectivity index (χ1) is 9.05. The summed E-state index contributed by atoms with van der Waals surface area (Å²) in [5.74, 6) is 0. The summed E-state index contributed by atoms with van der Waals surface area (Å²) < 4.78 is 5.96. The van der Waals surface area contributed by atoms with Crippen LogP contribution in [0.4, 0.5) is 0 Å². The monoisotopic (exact) mass is 301 g/mol. The molecule has 4 nitrogen and oxygen atoms in total. The van der Waals surface area contributed by atoms with Crippen molar-refractivity contribution in [2.24, 2.45) is 0 Å². The molecule has 5 heteroatoms. The van der Waals surface area contributed by atoms with Crippen LogP contribution in [0.2, 0.25) is 12.1 Å². The van der Waals surface area contributed by atoms with Crippen LogP contribution in [0.3, 0.4) is 0 Å². The smallest absolute Gasteiger partial charge is 0.336 e. The fourth-order valence-electron chi connectivity index (χ4n) is 3.28. The lowest BCUT2D eigenvalue weighted by Gasteiger charge is -2.46. The van der Waals surface area contributed by atoms with Crippen LogP contribution in [0, 0.1) is 0 Å². The first-order valence-corrected chi connectivity index (χ1v) is 9.83. The van der Waals surface area contributed by atoms with Crippen LogP contribution < -0.4 is 5.32 Å². The highest BCUT2D eigenvalue weighted by Crippen LogP contribution is 2.30. The molecule has 1 saturated heterocycles. The predicted octanol–water partition coefficient (Wildman–Crippen LogP) is 2.32. The van der Waals surface area contributed by atoms with E-state index < -0.39 is 8.56 Å². The van der Waals surface area contributed by atoms with Crippen molar-refractivity contribution in [3.63, 3.8) is 0 Å². The summed E-state index contributed by atoms with van der Waals surface area (Å²) in [5.41, 5.74) is 0.170. The Kier molecular flexibility index (Phi) is 5.98. The fraction of sp³-hybridized carbons (Fsp3) is 0.867. The Labute approximate surface area is 124 Å². The van der Waals surface area contributed by atoms with E-state index in [1.165, 1.54) is 0 Å². The molecule has 3 N–H and O–H groups in total. The molecule has 1 rings (SSSR count). The molecule has 0 radical (unpaired) electrons. The second kappa shape index (κ2) is 6.71. The van der Waals surface area contributed by atoms with E-state index in [9.17, 15) is 9.59 Å². The van der Waals surface area contributed by atoms with E-state index in [-0.39, 0.29) is 17.2 Å². The summed E-state index contributed by atoms with van der Waals surface area (Å²) in [6.45, 7) is 13.0. The number of rotatable bonds is 7. The molecule has 1 aliphatic heterocycles. The zero-order valence-electron chi connectivity index (χ0n) is 13.4. The number of hydrogen-bond donors (Lipinski definition) is 3. The van der Waals surface area contributed by atoms with Gasteiger partial charge in [-0.3, -0.25) is 0 Å². The molecule has 0 unspecified atom stereocenters. The summed E-state index contributed by atoms with van der Waals surface area (Å²) in [6, 6.07) is 0.789. The molecule has 20 heavy (non-hydrogen) atoms. The van der Waals surface area contributed by atoms with Crippen LogP contribution in [0.25, 0.3) is 0 Å². The van der Waals surface area contributed by atoms with Crippen LogP contribution in [0.1, 0.15) is 47.0 Å². The topological polar surface area (TPSA) is 61.7 Å². The number of piperidine rings is 1. The van der Waals surface area contributed by atoms with Crippen LogP contribution >= 0.6 is 0 Å². The second-order valence-corrected chi connectivity index (χ2v) is 10.2. The van der Waals surface area contributed by atoms with E-state index in [2.05, 4.69) is 39.6 Å². The van der Waals surface area contributed by atoms with Crippen LogP contribution in [-0.4, -0.2) is 41.9 Å². The lowest BCUT2D eigenvalue weighted by atomic mass is 9.81. The third kappa shape index (κ3) is 6.50. The van der Waals surface area contributed by atoms with Gasteiger partial charge in [-0.05, 0) is 53.0 Å². The van der Waals surface area contributed by atoms with Crippen LogP contribution in [-0.2, 0) is 4.74 Å². The number of nitrogens with one attached hydrogen (secondary N) is 1. The molecule has 118 valence electrons. The van der Waals surface area contributed by atoms with Gasteiger partial charge in [-0.1, -0.05) is 6.08 Å². The Hall–Kier alpha value is -0.203. The quantitative estimate of drug-likeness (QED) is 0.384. The van der Waals surface area contributed by atoms with Crippen LogP contribution in [0.5, 0.6) is 0 Å². The van der Waals surface area contributed by atoms with E-state index in [4.69, 9.17) is 4.74 Å². The molecule has 0 aromatic rings. The fourth-order valence-corrected chi connectivity index (χ4v) is 4.66. The van der Waals surface area contributed by atoms with Gasteiger partial charge in [-0.25, -0.2) is 0 Å². The Bertz CT molecular complexity index is 313. The van der Waals surface area contributed by atoms with Gasteiger partial charge in [0.05, 0.1) is 6.10 Å². The average Bonchev–Trinajstić information content (AvgIpc) is 2.20. The van der Waals surface area contributed by atoms with E-state index in [1.807, 2.05) is 0 Å². The normalized spacial score (nSPS) is 22.7. The summed E-state index contributed by atoms with van der Waals surface area (Å²) in [7, 11) is -3.06. The second-order valence-electron chi connectivity index (χ2n) is 7.37. The average molecular weight is 302 g/mol. The van der Waals surface area contributed by atoms with Crippen molar-refractivity contribution < 1.29 is 14.3 Å². The van der Waals surface area contributed by atoms with Crippen molar-refractivity contribution in [1.82, 2.24) is 5.32 Å².